The van der Waals surface area contributed by atoms with Gasteiger partial charge in [0.25, 0.3) is 0 Å². The highest BCUT2D eigenvalue weighted by Crippen LogP contribution is 2.23. The fourth-order valence-electron chi connectivity index (χ4n) is 1.91. The molecule has 0 radical (unpaired) electrons. The van der Waals surface area contributed by atoms with Crippen molar-refractivity contribution in [2.45, 2.75) is 25.8 Å². The third kappa shape index (κ3) is 1.93. The van der Waals surface area contributed by atoms with Crippen LogP contribution < -0.4 is 0 Å². The van der Waals surface area contributed by atoms with Crippen molar-refractivity contribution in [3.63, 3.8) is 0 Å². The molecule has 1 aliphatic rings. The normalized spacial score (nSPS) is 20.2. The summed E-state index contributed by atoms with van der Waals surface area (Å²) in [7, 11) is 2.16. The van der Waals surface area contributed by atoms with Gasteiger partial charge in [-0.3, -0.25) is 4.68 Å². The number of aryl methyl sites for hydroxylation is 1. The van der Waals surface area contributed by atoms with Crippen LogP contribution in [0.3, 0.4) is 0 Å². The molecule has 14 heavy (non-hydrogen) atoms. The van der Waals surface area contributed by atoms with Crippen LogP contribution in [-0.4, -0.2) is 34.8 Å². The molecule has 1 fully saturated rings. The Morgan fingerprint density at radius 1 is 1.43 bits per heavy atom. The molecular formula is C10H16ClN3. The number of halogens is 1. The third-order valence-corrected chi connectivity index (χ3v) is 3.29. The molecule has 4 heteroatoms. The van der Waals surface area contributed by atoms with Gasteiger partial charge < -0.3 is 4.90 Å². The topological polar surface area (TPSA) is 21.1 Å². The second-order valence-electron chi connectivity index (χ2n) is 4.12. The lowest BCUT2D eigenvalue weighted by molar-refractivity contribution is 0.212. The lowest BCUT2D eigenvalue weighted by atomic mass is 10.1. The predicted octanol–water partition coefficient (Wildman–Crippen LogP) is 2.11. The zero-order valence-electron chi connectivity index (χ0n) is 8.70. The Kier molecular flexibility index (Phi) is 2.79. The van der Waals surface area contributed by atoms with E-state index in [2.05, 4.69) is 23.2 Å². The summed E-state index contributed by atoms with van der Waals surface area (Å²) in [5, 5.41) is 4.97. The summed E-state index contributed by atoms with van der Waals surface area (Å²) in [4.78, 5) is 2.36. The second kappa shape index (κ2) is 3.91. The van der Waals surface area contributed by atoms with Crippen molar-refractivity contribution in [2.24, 2.45) is 0 Å². The first-order valence-electron chi connectivity index (χ1n) is 5.06. The van der Waals surface area contributed by atoms with E-state index in [0.29, 0.717) is 11.2 Å². The van der Waals surface area contributed by atoms with Crippen molar-refractivity contribution in [1.82, 2.24) is 14.7 Å². The van der Waals surface area contributed by atoms with Crippen LogP contribution in [0, 0.1) is 6.92 Å². The molecule has 0 bridgehead atoms. The van der Waals surface area contributed by atoms with Crippen molar-refractivity contribution in [3.05, 3.63) is 16.9 Å². The zero-order chi connectivity index (χ0) is 10.1. The summed E-state index contributed by atoms with van der Waals surface area (Å²) in [6.07, 6.45) is 4.40. The Bertz CT molecular complexity index is 294. The van der Waals surface area contributed by atoms with E-state index in [4.69, 9.17) is 11.6 Å². The molecule has 0 aromatic carbocycles. The Hall–Kier alpha value is -0.540. The summed E-state index contributed by atoms with van der Waals surface area (Å²) in [5.41, 5.74) is 1.07. The van der Waals surface area contributed by atoms with E-state index in [1.54, 1.807) is 0 Å². The fourth-order valence-corrected chi connectivity index (χ4v) is 2.04. The predicted molar refractivity (Wildman–Crippen MR) is 57.7 cm³/mol. The number of likely N-dealkylation sites (tertiary alicyclic amines) is 1. The standard InChI is InChI=1S/C10H16ClN3/c1-8-7-14(12-10(8)11)9-3-5-13(2)6-4-9/h7,9H,3-6H2,1-2H3. The zero-order valence-corrected chi connectivity index (χ0v) is 9.46. The van der Waals surface area contributed by atoms with Gasteiger partial charge in [0, 0.05) is 11.8 Å². The molecule has 1 saturated heterocycles. The van der Waals surface area contributed by atoms with Crippen LogP contribution in [0.4, 0.5) is 0 Å². The third-order valence-electron chi connectivity index (χ3n) is 2.92. The van der Waals surface area contributed by atoms with E-state index in [1.165, 1.54) is 12.8 Å². The van der Waals surface area contributed by atoms with E-state index in [1.807, 2.05) is 11.6 Å². The van der Waals surface area contributed by atoms with E-state index in [9.17, 15) is 0 Å². The summed E-state index contributed by atoms with van der Waals surface area (Å²) in [5.74, 6) is 0. The summed E-state index contributed by atoms with van der Waals surface area (Å²) >= 11 is 5.93. The monoisotopic (exact) mass is 213 g/mol. The van der Waals surface area contributed by atoms with Crippen LogP contribution >= 0.6 is 11.6 Å². The maximum absolute atomic E-state index is 5.93. The van der Waals surface area contributed by atoms with Gasteiger partial charge in [0.15, 0.2) is 5.15 Å². The molecule has 2 heterocycles. The maximum atomic E-state index is 5.93. The average molecular weight is 214 g/mol. The van der Waals surface area contributed by atoms with Crippen molar-refractivity contribution in [3.8, 4) is 0 Å². The second-order valence-corrected chi connectivity index (χ2v) is 4.48. The van der Waals surface area contributed by atoms with E-state index in [0.717, 1.165) is 18.7 Å². The van der Waals surface area contributed by atoms with Gasteiger partial charge in [-0.2, -0.15) is 5.10 Å². The lowest BCUT2D eigenvalue weighted by Gasteiger charge is -2.28. The number of hydrogen-bond donors (Lipinski definition) is 0. The van der Waals surface area contributed by atoms with Crippen molar-refractivity contribution >= 4 is 11.6 Å². The Balaban J connectivity index is 2.08. The largest absolute Gasteiger partial charge is 0.306 e. The van der Waals surface area contributed by atoms with Gasteiger partial charge in [-0.05, 0) is 39.9 Å². The van der Waals surface area contributed by atoms with Gasteiger partial charge in [-0.15, -0.1) is 0 Å². The number of rotatable bonds is 1. The molecular weight excluding hydrogens is 198 g/mol. The first-order chi connectivity index (χ1) is 6.66. The quantitative estimate of drug-likeness (QED) is 0.713. The van der Waals surface area contributed by atoms with Crippen molar-refractivity contribution in [1.29, 1.82) is 0 Å². The SMILES string of the molecule is Cc1cn(C2CCN(C)CC2)nc1Cl. The lowest BCUT2D eigenvalue weighted by Crippen LogP contribution is -2.31. The molecule has 3 nitrogen and oxygen atoms in total. The van der Waals surface area contributed by atoms with E-state index in [-0.39, 0.29) is 0 Å². The highest BCUT2D eigenvalue weighted by molar-refractivity contribution is 6.30. The van der Waals surface area contributed by atoms with Crippen molar-refractivity contribution in [2.75, 3.05) is 20.1 Å². The van der Waals surface area contributed by atoms with Crippen LogP contribution in [-0.2, 0) is 0 Å². The van der Waals surface area contributed by atoms with E-state index < -0.39 is 0 Å². The van der Waals surface area contributed by atoms with Gasteiger partial charge in [-0.25, -0.2) is 0 Å². The highest BCUT2D eigenvalue weighted by atomic mass is 35.5. The smallest absolute Gasteiger partial charge is 0.153 e. The molecule has 0 unspecified atom stereocenters. The Labute approximate surface area is 89.7 Å². The van der Waals surface area contributed by atoms with Crippen LogP contribution in [0.2, 0.25) is 5.15 Å². The number of nitrogens with zero attached hydrogens (tertiary/aromatic N) is 3. The summed E-state index contributed by atoms with van der Waals surface area (Å²) in [6, 6.07) is 0.539. The number of hydrogen-bond acceptors (Lipinski definition) is 2. The minimum Gasteiger partial charge on any atom is -0.306 e. The molecule has 0 atom stereocenters. The van der Waals surface area contributed by atoms with Crippen LogP contribution in [0.5, 0.6) is 0 Å². The van der Waals surface area contributed by atoms with Crippen molar-refractivity contribution < 1.29 is 0 Å². The van der Waals surface area contributed by atoms with Crippen LogP contribution in [0.25, 0.3) is 0 Å². The van der Waals surface area contributed by atoms with Crippen LogP contribution in [0.15, 0.2) is 6.20 Å². The Morgan fingerprint density at radius 2 is 2.07 bits per heavy atom. The number of aromatic nitrogens is 2. The molecule has 0 N–H and O–H groups in total. The molecule has 1 aromatic rings. The Morgan fingerprint density at radius 3 is 2.57 bits per heavy atom. The molecule has 0 spiro atoms. The molecule has 0 amide bonds. The van der Waals surface area contributed by atoms with Gasteiger partial charge in [0.05, 0.1) is 6.04 Å². The molecule has 0 aliphatic carbocycles. The molecule has 1 aromatic heterocycles. The first-order valence-corrected chi connectivity index (χ1v) is 5.44. The van der Waals surface area contributed by atoms with Gasteiger partial charge in [0.2, 0.25) is 0 Å². The fraction of sp³-hybridized carbons (Fsp3) is 0.700. The van der Waals surface area contributed by atoms with Crippen LogP contribution in [0.1, 0.15) is 24.4 Å². The first kappa shape index (κ1) is 9.99. The summed E-state index contributed by atoms with van der Waals surface area (Å²) < 4.78 is 2.03. The number of piperidine rings is 1. The molecule has 2 rings (SSSR count). The highest BCUT2D eigenvalue weighted by Gasteiger charge is 2.19. The average Bonchev–Trinajstić information content (AvgIpc) is 2.48. The molecule has 1 aliphatic heterocycles. The molecule has 78 valence electrons. The maximum Gasteiger partial charge on any atom is 0.153 e. The van der Waals surface area contributed by atoms with E-state index >= 15 is 0 Å². The summed E-state index contributed by atoms with van der Waals surface area (Å²) in [6.45, 7) is 4.31. The minimum atomic E-state index is 0.539. The minimum absolute atomic E-state index is 0.539. The van der Waals surface area contributed by atoms with Gasteiger partial charge >= 0.3 is 0 Å². The molecule has 0 saturated carbocycles. The van der Waals surface area contributed by atoms with Gasteiger partial charge in [-0.1, -0.05) is 11.6 Å². The van der Waals surface area contributed by atoms with Gasteiger partial charge in [0.1, 0.15) is 0 Å².